The van der Waals surface area contributed by atoms with Crippen LogP contribution in [-0.4, -0.2) is 11.6 Å². The smallest absolute Gasteiger partial charge is 0.226 e. The summed E-state index contributed by atoms with van der Waals surface area (Å²) in [7, 11) is 0. The van der Waals surface area contributed by atoms with Gasteiger partial charge in [-0.15, -0.1) is 0 Å². The van der Waals surface area contributed by atoms with Gasteiger partial charge in [-0.05, 0) is 42.8 Å². The number of ether oxygens (including phenoxy) is 2. The molecule has 0 aliphatic carbocycles. The molecule has 1 heterocycles. The van der Waals surface area contributed by atoms with E-state index in [1.807, 2.05) is 85.8 Å². The molecule has 0 fully saturated rings. The number of hydrogen-bond donors (Lipinski definition) is 0. The van der Waals surface area contributed by atoms with Crippen molar-refractivity contribution in [2.24, 2.45) is 0 Å². The minimum atomic E-state index is 0.493. The SMILES string of the molecule is C=Cc1cc(OCc2ccccc2)ccc1OCCc1nc(-c2ccccc2)oc1C. The maximum absolute atomic E-state index is 6.01. The van der Waals surface area contributed by atoms with E-state index in [0.29, 0.717) is 25.5 Å². The third kappa shape index (κ3) is 5.23. The topological polar surface area (TPSA) is 44.5 Å². The Balaban J connectivity index is 1.36. The predicted octanol–water partition coefficient (Wildman–Crippen LogP) is 6.49. The van der Waals surface area contributed by atoms with Gasteiger partial charge in [0.2, 0.25) is 5.89 Å². The molecule has 31 heavy (non-hydrogen) atoms. The van der Waals surface area contributed by atoms with Crippen LogP contribution in [0.4, 0.5) is 0 Å². The zero-order valence-electron chi connectivity index (χ0n) is 17.6. The molecule has 3 aromatic carbocycles. The lowest BCUT2D eigenvalue weighted by Crippen LogP contribution is -2.04. The number of oxazole rings is 1. The Bertz CT molecular complexity index is 1130. The molecule has 4 rings (SSSR count). The van der Waals surface area contributed by atoms with Gasteiger partial charge < -0.3 is 13.9 Å². The summed E-state index contributed by atoms with van der Waals surface area (Å²) in [5.41, 5.74) is 3.90. The second-order valence-corrected chi connectivity index (χ2v) is 7.16. The van der Waals surface area contributed by atoms with E-state index < -0.39 is 0 Å². The minimum Gasteiger partial charge on any atom is -0.493 e. The van der Waals surface area contributed by atoms with Crippen molar-refractivity contribution in [3.63, 3.8) is 0 Å². The van der Waals surface area contributed by atoms with E-state index in [-0.39, 0.29) is 0 Å². The Morgan fingerprint density at radius 1 is 0.935 bits per heavy atom. The fourth-order valence-corrected chi connectivity index (χ4v) is 3.27. The maximum atomic E-state index is 6.01. The summed E-state index contributed by atoms with van der Waals surface area (Å²) < 4.78 is 17.7. The molecule has 1 aromatic heterocycles. The van der Waals surface area contributed by atoms with E-state index in [4.69, 9.17) is 13.9 Å². The van der Waals surface area contributed by atoms with Crippen LogP contribution in [0.5, 0.6) is 11.5 Å². The average molecular weight is 412 g/mol. The van der Waals surface area contributed by atoms with Crippen molar-refractivity contribution in [3.05, 3.63) is 108 Å². The summed E-state index contributed by atoms with van der Waals surface area (Å²) in [6.07, 6.45) is 2.44. The Hall–Kier alpha value is -3.79. The number of benzene rings is 3. The number of aryl methyl sites for hydroxylation is 1. The second kappa shape index (κ2) is 9.81. The zero-order valence-corrected chi connectivity index (χ0v) is 17.6. The van der Waals surface area contributed by atoms with E-state index in [1.165, 1.54) is 0 Å². The van der Waals surface area contributed by atoms with Gasteiger partial charge in [-0.2, -0.15) is 0 Å². The van der Waals surface area contributed by atoms with Crippen LogP contribution in [0, 0.1) is 6.92 Å². The first-order chi connectivity index (χ1) is 15.2. The van der Waals surface area contributed by atoms with Gasteiger partial charge in [-0.25, -0.2) is 4.98 Å². The van der Waals surface area contributed by atoms with Gasteiger partial charge in [0.25, 0.3) is 0 Å². The van der Waals surface area contributed by atoms with Crippen molar-refractivity contribution < 1.29 is 13.9 Å². The molecule has 4 nitrogen and oxygen atoms in total. The molecule has 0 unspecified atom stereocenters. The molecule has 0 amide bonds. The number of hydrogen-bond acceptors (Lipinski definition) is 4. The highest BCUT2D eigenvalue weighted by Gasteiger charge is 2.12. The highest BCUT2D eigenvalue weighted by molar-refractivity contribution is 5.58. The van der Waals surface area contributed by atoms with E-state index in [0.717, 1.165) is 39.6 Å². The summed E-state index contributed by atoms with van der Waals surface area (Å²) in [5.74, 6) is 3.01. The molecular formula is C27H25NO3. The monoisotopic (exact) mass is 411 g/mol. The van der Waals surface area contributed by atoms with Gasteiger partial charge in [-0.3, -0.25) is 0 Å². The Morgan fingerprint density at radius 2 is 1.68 bits per heavy atom. The van der Waals surface area contributed by atoms with E-state index in [1.54, 1.807) is 6.08 Å². The molecule has 0 saturated heterocycles. The molecule has 0 bridgehead atoms. The molecule has 4 aromatic rings. The summed E-state index contributed by atoms with van der Waals surface area (Å²) in [4.78, 5) is 4.63. The van der Waals surface area contributed by atoms with Gasteiger partial charge in [0.1, 0.15) is 23.9 Å². The zero-order chi connectivity index (χ0) is 21.5. The van der Waals surface area contributed by atoms with Crippen molar-refractivity contribution in [1.29, 1.82) is 0 Å². The second-order valence-electron chi connectivity index (χ2n) is 7.16. The predicted molar refractivity (Wildman–Crippen MR) is 123 cm³/mol. The van der Waals surface area contributed by atoms with Crippen LogP contribution in [0.15, 0.2) is 89.9 Å². The van der Waals surface area contributed by atoms with Crippen molar-refractivity contribution in [2.45, 2.75) is 20.0 Å². The lowest BCUT2D eigenvalue weighted by molar-refractivity contribution is 0.301. The largest absolute Gasteiger partial charge is 0.493 e. The van der Waals surface area contributed by atoms with Crippen molar-refractivity contribution >= 4 is 6.08 Å². The van der Waals surface area contributed by atoms with Gasteiger partial charge in [0.05, 0.1) is 12.3 Å². The highest BCUT2D eigenvalue weighted by Crippen LogP contribution is 2.27. The molecule has 4 heteroatoms. The van der Waals surface area contributed by atoms with Crippen molar-refractivity contribution in [3.8, 4) is 23.0 Å². The fourth-order valence-electron chi connectivity index (χ4n) is 3.27. The first-order valence-corrected chi connectivity index (χ1v) is 10.3. The Kier molecular flexibility index (Phi) is 6.48. The molecule has 0 aliphatic rings. The van der Waals surface area contributed by atoms with Crippen LogP contribution in [0.25, 0.3) is 17.5 Å². The van der Waals surface area contributed by atoms with Crippen LogP contribution in [0.2, 0.25) is 0 Å². The van der Waals surface area contributed by atoms with Crippen LogP contribution < -0.4 is 9.47 Å². The van der Waals surface area contributed by atoms with Gasteiger partial charge in [-0.1, -0.05) is 61.2 Å². The van der Waals surface area contributed by atoms with Crippen LogP contribution in [0.3, 0.4) is 0 Å². The lowest BCUT2D eigenvalue weighted by Gasteiger charge is -2.12. The molecule has 0 saturated carbocycles. The maximum Gasteiger partial charge on any atom is 0.226 e. The lowest BCUT2D eigenvalue weighted by atomic mass is 10.2. The van der Waals surface area contributed by atoms with E-state index in [2.05, 4.69) is 11.6 Å². The van der Waals surface area contributed by atoms with Crippen LogP contribution >= 0.6 is 0 Å². The average Bonchev–Trinajstić information content (AvgIpc) is 3.20. The normalized spacial score (nSPS) is 10.6. The first-order valence-electron chi connectivity index (χ1n) is 10.3. The third-order valence-corrected chi connectivity index (χ3v) is 4.96. The third-order valence-electron chi connectivity index (χ3n) is 4.96. The van der Waals surface area contributed by atoms with Gasteiger partial charge in [0, 0.05) is 17.5 Å². The molecule has 0 aliphatic heterocycles. The quantitative estimate of drug-likeness (QED) is 0.316. The van der Waals surface area contributed by atoms with Crippen LogP contribution in [-0.2, 0) is 13.0 Å². The van der Waals surface area contributed by atoms with Gasteiger partial charge in [0.15, 0.2) is 0 Å². The summed E-state index contributed by atoms with van der Waals surface area (Å²) in [5, 5.41) is 0. The summed E-state index contributed by atoms with van der Waals surface area (Å²) in [6, 6.07) is 25.8. The van der Waals surface area contributed by atoms with E-state index >= 15 is 0 Å². The van der Waals surface area contributed by atoms with Crippen molar-refractivity contribution in [1.82, 2.24) is 4.98 Å². The number of aromatic nitrogens is 1. The standard InChI is InChI=1S/C27H25NO3/c1-3-22-18-24(30-19-21-10-6-4-7-11-21)14-15-26(22)29-17-16-25-20(2)31-27(28-25)23-12-8-5-9-13-23/h3-15,18H,1,16-17,19H2,2H3. The Labute approximate surface area is 182 Å². The minimum absolute atomic E-state index is 0.493. The number of nitrogens with zero attached hydrogens (tertiary/aromatic N) is 1. The summed E-state index contributed by atoms with van der Waals surface area (Å²) in [6.45, 7) is 6.85. The molecule has 0 radical (unpaired) electrons. The van der Waals surface area contributed by atoms with Crippen molar-refractivity contribution in [2.75, 3.05) is 6.61 Å². The molecule has 0 N–H and O–H groups in total. The molecule has 0 atom stereocenters. The molecular weight excluding hydrogens is 386 g/mol. The van der Waals surface area contributed by atoms with E-state index in [9.17, 15) is 0 Å². The number of rotatable bonds is 9. The summed E-state index contributed by atoms with van der Waals surface area (Å²) >= 11 is 0. The van der Waals surface area contributed by atoms with Gasteiger partial charge >= 0.3 is 0 Å². The molecule has 0 spiro atoms. The Morgan fingerprint density at radius 3 is 2.42 bits per heavy atom. The fraction of sp³-hybridized carbons (Fsp3) is 0.148. The first kappa shape index (κ1) is 20.5. The van der Waals surface area contributed by atoms with Crippen LogP contribution in [0.1, 0.15) is 22.6 Å². The molecule has 156 valence electrons. The highest BCUT2D eigenvalue weighted by atomic mass is 16.5.